The van der Waals surface area contributed by atoms with Gasteiger partial charge < -0.3 is 9.52 Å². The molecule has 0 spiro atoms. The summed E-state index contributed by atoms with van der Waals surface area (Å²) in [5.41, 5.74) is 0.619. The third-order valence-electron chi connectivity index (χ3n) is 1.91. The molecule has 78 valence electrons. The molecule has 7 heteroatoms. The van der Waals surface area contributed by atoms with Crippen molar-refractivity contribution in [2.24, 2.45) is 0 Å². The average molecular weight is 208 g/mol. The standard InChI is InChI=1S/C8H8N4O3/c1-5-6(9-4-15-5)2-12-3-7(8(13)14)10-11-12/h3-4H,2H2,1H3,(H,13,14). The van der Waals surface area contributed by atoms with Crippen molar-refractivity contribution in [2.75, 3.05) is 0 Å². The van der Waals surface area contributed by atoms with E-state index < -0.39 is 5.97 Å². The van der Waals surface area contributed by atoms with Crippen LogP contribution in [0.5, 0.6) is 0 Å². The number of aromatic nitrogens is 4. The van der Waals surface area contributed by atoms with Crippen LogP contribution in [0.1, 0.15) is 21.9 Å². The number of carboxylic acids is 1. The number of hydrogen-bond donors (Lipinski definition) is 1. The van der Waals surface area contributed by atoms with Crippen molar-refractivity contribution in [3.63, 3.8) is 0 Å². The Morgan fingerprint density at radius 3 is 3.00 bits per heavy atom. The quantitative estimate of drug-likeness (QED) is 0.780. The molecule has 2 rings (SSSR count). The number of carboxylic acid groups (broad SMARTS) is 1. The van der Waals surface area contributed by atoms with E-state index >= 15 is 0 Å². The van der Waals surface area contributed by atoms with Gasteiger partial charge in [0.2, 0.25) is 0 Å². The Hall–Kier alpha value is -2.18. The van der Waals surface area contributed by atoms with Crippen LogP contribution < -0.4 is 0 Å². The predicted molar refractivity (Wildman–Crippen MR) is 47.3 cm³/mol. The Kier molecular flexibility index (Phi) is 2.20. The third kappa shape index (κ3) is 1.85. The first-order valence-corrected chi connectivity index (χ1v) is 4.19. The van der Waals surface area contributed by atoms with Crippen LogP contribution in [0.15, 0.2) is 17.0 Å². The molecule has 1 N–H and O–H groups in total. The van der Waals surface area contributed by atoms with Crippen LogP contribution in [0.25, 0.3) is 0 Å². The summed E-state index contributed by atoms with van der Waals surface area (Å²) in [4.78, 5) is 14.5. The lowest BCUT2D eigenvalue weighted by Crippen LogP contribution is -2.02. The van der Waals surface area contributed by atoms with Crippen molar-refractivity contribution in [3.8, 4) is 0 Å². The van der Waals surface area contributed by atoms with E-state index in [0.717, 1.165) is 0 Å². The van der Waals surface area contributed by atoms with Gasteiger partial charge in [-0.15, -0.1) is 5.10 Å². The van der Waals surface area contributed by atoms with Gasteiger partial charge in [0.05, 0.1) is 12.7 Å². The predicted octanol–water partition coefficient (Wildman–Crippen LogP) is 0.321. The van der Waals surface area contributed by atoms with Crippen LogP contribution in [-0.2, 0) is 6.54 Å². The van der Waals surface area contributed by atoms with Crippen molar-refractivity contribution in [3.05, 3.63) is 29.7 Å². The van der Waals surface area contributed by atoms with Crippen LogP contribution in [0.2, 0.25) is 0 Å². The van der Waals surface area contributed by atoms with E-state index in [0.29, 0.717) is 18.0 Å². The fraction of sp³-hybridized carbons (Fsp3) is 0.250. The van der Waals surface area contributed by atoms with Gasteiger partial charge in [-0.3, -0.25) is 0 Å². The molecule has 0 bridgehead atoms. The molecule has 0 atom stereocenters. The Labute approximate surface area is 84.3 Å². The summed E-state index contributed by atoms with van der Waals surface area (Å²) in [7, 11) is 0. The van der Waals surface area contributed by atoms with Crippen molar-refractivity contribution in [1.29, 1.82) is 0 Å². The molecule has 0 unspecified atom stereocenters. The van der Waals surface area contributed by atoms with Gasteiger partial charge in [-0.2, -0.15) is 0 Å². The zero-order valence-electron chi connectivity index (χ0n) is 7.91. The normalized spacial score (nSPS) is 10.5. The molecule has 7 nitrogen and oxygen atoms in total. The minimum atomic E-state index is -1.10. The minimum Gasteiger partial charge on any atom is -0.476 e. The number of rotatable bonds is 3. The van der Waals surface area contributed by atoms with E-state index in [1.54, 1.807) is 6.92 Å². The maximum atomic E-state index is 10.5. The molecule has 0 saturated carbocycles. The smallest absolute Gasteiger partial charge is 0.358 e. The Bertz CT molecular complexity index is 488. The topological polar surface area (TPSA) is 94.0 Å². The van der Waals surface area contributed by atoms with E-state index in [1.807, 2.05) is 0 Å². The van der Waals surface area contributed by atoms with E-state index in [4.69, 9.17) is 9.52 Å². The molecule has 0 aromatic carbocycles. The highest BCUT2D eigenvalue weighted by Crippen LogP contribution is 2.06. The van der Waals surface area contributed by atoms with Gasteiger partial charge in [0.15, 0.2) is 12.1 Å². The third-order valence-corrected chi connectivity index (χ3v) is 1.91. The van der Waals surface area contributed by atoms with E-state index in [9.17, 15) is 4.79 Å². The highest BCUT2D eigenvalue weighted by Gasteiger charge is 2.10. The summed E-state index contributed by atoms with van der Waals surface area (Å²) in [6.45, 7) is 2.12. The molecule has 2 aromatic rings. The van der Waals surface area contributed by atoms with Crippen LogP contribution in [0.3, 0.4) is 0 Å². The zero-order valence-corrected chi connectivity index (χ0v) is 7.91. The van der Waals surface area contributed by atoms with Gasteiger partial charge in [0.1, 0.15) is 11.5 Å². The Morgan fingerprint density at radius 1 is 1.67 bits per heavy atom. The average Bonchev–Trinajstić information content (AvgIpc) is 2.77. The molecule has 0 aliphatic carbocycles. The molecule has 0 aliphatic rings. The maximum absolute atomic E-state index is 10.5. The molecule has 0 radical (unpaired) electrons. The molecule has 0 amide bonds. The first-order valence-electron chi connectivity index (χ1n) is 4.19. The van der Waals surface area contributed by atoms with Gasteiger partial charge >= 0.3 is 5.97 Å². The van der Waals surface area contributed by atoms with Crippen LogP contribution >= 0.6 is 0 Å². The van der Waals surface area contributed by atoms with E-state index in [2.05, 4.69) is 15.3 Å². The van der Waals surface area contributed by atoms with Crippen molar-refractivity contribution >= 4 is 5.97 Å². The summed E-state index contributed by atoms with van der Waals surface area (Å²) < 4.78 is 6.40. The Morgan fingerprint density at radius 2 is 2.47 bits per heavy atom. The summed E-state index contributed by atoms with van der Waals surface area (Å²) in [6, 6.07) is 0. The Balaban J connectivity index is 2.18. The molecule has 15 heavy (non-hydrogen) atoms. The molecular formula is C8H8N4O3. The van der Waals surface area contributed by atoms with E-state index in [1.165, 1.54) is 17.3 Å². The second-order valence-corrected chi connectivity index (χ2v) is 2.96. The fourth-order valence-corrected chi connectivity index (χ4v) is 1.11. The summed E-state index contributed by atoms with van der Waals surface area (Å²) in [6.07, 6.45) is 2.68. The summed E-state index contributed by atoms with van der Waals surface area (Å²) in [5.74, 6) is -0.416. The molecular weight excluding hydrogens is 200 g/mol. The van der Waals surface area contributed by atoms with Crippen molar-refractivity contribution in [2.45, 2.75) is 13.5 Å². The van der Waals surface area contributed by atoms with Gasteiger partial charge in [-0.1, -0.05) is 5.21 Å². The summed E-state index contributed by atoms with van der Waals surface area (Å²) in [5, 5.41) is 15.8. The molecule has 0 fully saturated rings. The largest absolute Gasteiger partial charge is 0.476 e. The second kappa shape index (κ2) is 3.52. The molecule has 0 saturated heterocycles. The van der Waals surface area contributed by atoms with E-state index in [-0.39, 0.29) is 5.69 Å². The minimum absolute atomic E-state index is 0.0869. The van der Waals surface area contributed by atoms with Crippen molar-refractivity contribution in [1.82, 2.24) is 20.0 Å². The lowest BCUT2D eigenvalue weighted by molar-refractivity contribution is 0.0690. The lowest BCUT2D eigenvalue weighted by Gasteiger charge is -1.95. The monoisotopic (exact) mass is 208 g/mol. The van der Waals surface area contributed by atoms with Gasteiger partial charge in [-0.25, -0.2) is 14.5 Å². The number of carbonyl (C=O) groups is 1. The summed E-state index contributed by atoms with van der Waals surface area (Å²) >= 11 is 0. The lowest BCUT2D eigenvalue weighted by atomic mass is 10.3. The molecule has 2 aromatic heterocycles. The first kappa shape index (κ1) is 9.38. The van der Waals surface area contributed by atoms with Gasteiger partial charge in [0, 0.05) is 0 Å². The van der Waals surface area contributed by atoms with Gasteiger partial charge in [-0.05, 0) is 6.92 Å². The highest BCUT2D eigenvalue weighted by molar-refractivity contribution is 5.84. The van der Waals surface area contributed by atoms with Crippen LogP contribution in [0, 0.1) is 6.92 Å². The number of aromatic carboxylic acids is 1. The SMILES string of the molecule is Cc1ocnc1Cn1cc(C(=O)O)nn1. The fourth-order valence-electron chi connectivity index (χ4n) is 1.11. The highest BCUT2D eigenvalue weighted by atomic mass is 16.4. The van der Waals surface area contributed by atoms with Crippen molar-refractivity contribution < 1.29 is 14.3 Å². The first-order chi connectivity index (χ1) is 7.16. The molecule has 2 heterocycles. The number of oxazole rings is 1. The maximum Gasteiger partial charge on any atom is 0.358 e. The van der Waals surface area contributed by atoms with Crippen LogP contribution in [0.4, 0.5) is 0 Å². The number of hydrogen-bond acceptors (Lipinski definition) is 5. The second-order valence-electron chi connectivity index (χ2n) is 2.96. The number of nitrogens with zero attached hydrogens (tertiary/aromatic N) is 4. The molecule has 0 aliphatic heterocycles. The number of aryl methyl sites for hydroxylation is 1. The van der Waals surface area contributed by atoms with Crippen LogP contribution in [-0.4, -0.2) is 31.1 Å². The van der Waals surface area contributed by atoms with Gasteiger partial charge in [0.25, 0.3) is 0 Å². The zero-order chi connectivity index (χ0) is 10.8.